The van der Waals surface area contributed by atoms with Crippen molar-refractivity contribution in [3.8, 4) is 5.75 Å². The molecule has 0 fully saturated rings. The second-order valence-electron chi connectivity index (χ2n) is 10.7. The summed E-state index contributed by atoms with van der Waals surface area (Å²) in [7, 11) is 0. The fourth-order valence-corrected chi connectivity index (χ4v) is 8.17. The van der Waals surface area contributed by atoms with Crippen molar-refractivity contribution in [3.05, 3.63) is 121 Å². The monoisotopic (exact) mass is 862 g/mol. The summed E-state index contributed by atoms with van der Waals surface area (Å²) in [5.74, 6) is -0.227. The molecule has 1 aliphatic rings. The number of halogens is 2. The van der Waals surface area contributed by atoms with Gasteiger partial charge in [0.15, 0.2) is 11.4 Å². The van der Waals surface area contributed by atoms with Crippen LogP contribution in [0.1, 0.15) is 61.9 Å². The van der Waals surface area contributed by atoms with Crippen LogP contribution < -0.4 is 19.6 Å². The van der Waals surface area contributed by atoms with E-state index in [1.807, 2.05) is 66.7 Å². The molecule has 46 heavy (non-hydrogen) atoms. The van der Waals surface area contributed by atoms with Gasteiger partial charge in [-0.25, -0.2) is 14.6 Å². The van der Waals surface area contributed by atoms with Crippen molar-refractivity contribution in [2.24, 2.45) is 4.99 Å². The Labute approximate surface area is 298 Å². The van der Waals surface area contributed by atoms with Crippen molar-refractivity contribution < 1.29 is 23.8 Å². The summed E-state index contributed by atoms with van der Waals surface area (Å²) in [6.07, 6.45) is 1.75. The Hall–Kier alpha value is -3.30. The highest BCUT2D eigenvalue weighted by molar-refractivity contribution is 14.1. The molecule has 0 saturated carbocycles. The van der Waals surface area contributed by atoms with Gasteiger partial charge in [-0.15, -0.1) is 0 Å². The van der Waals surface area contributed by atoms with Crippen LogP contribution in [0.2, 0.25) is 0 Å². The SMILES string of the molecule is CCOC(=O)COc1c(I)cc(I)cc1/C=c1\sc2n(c1=O)[C@@H](c1ccc(C(C)C)cc1)C(C(=O)OCC)=C(c1ccccc1)N=2. The maximum absolute atomic E-state index is 14.4. The molecule has 1 aliphatic heterocycles. The van der Waals surface area contributed by atoms with Crippen molar-refractivity contribution in [2.75, 3.05) is 19.8 Å². The minimum absolute atomic E-state index is 0.174. The van der Waals surface area contributed by atoms with Gasteiger partial charge in [-0.2, -0.15) is 0 Å². The van der Waals surface area contributed by atoms with Gasteiger partial charge in [-0.1, -0.05) is 79.8 Å². The fraction of sp³-hybridized carbons (Fsp3) is 0.257. The van der Waals surface area contributed by atoms with Crippen LogP contribution >= 0.6 is 56.5 Å². The van der Waals surface area contributed by atoms with E-state index in [0.29, 0.717) is 37.8 Å². The summed E-state index contributed by atoms with van der Waals surface area (Å²) in [6, 6.07) is 20.5. The third-order valence-corrected chi connectivity index (χ3v) is 9.66. The summed E-state index contributed by atoms with van der Waals surface area (Å²) in [4.78, 5) is 45.6. The molecule has 4 aromatic rings. The van der Waals surface area contributed by atoms with Crippen LogP contribution in [0.3, 0.4) is 0 Å². The number of rotatable bonds is 10. The van der Waals surface area contributed by atoms with Crippen LogP contribution in [0, 0.1) is 7.14 Å². The third-order valence-electron chi connectivity index (χ3n) is 7.26. The molecular weight excluding hydrogens is 830 g/mol. The average Bonchev–Trinajstić information content (AvgIpc) is 3.34. The van der Waals surface area contributed by atoms with E-state index in [1.54, 1.807) is 24.5 Å². The molecule has 0 saturated heterocycles. The molecular formula is C35H32I2N2O6S. The van der Waals surface area contributed by atoms with Crippen LogP contribution in [0.5, 0.6) is 5.75 Å². The molecule has 0 N–H and O–H groups in total. The number of carbonyl (C=O) groups excluding carboxylic acids is 2. The number of carbonyl (C=O) groups is 2. The molecule has 1 aromatic heterocycles. The first kappa shape index (κ1) is 34.0. The summed E-state index contributed by atoms with van der Waals surface area (Å²) in [5.41, 5.74) is 3.75. The van der Waals surface area contributed by atoms with Gasteiger partial charge in [0.1, 0.15) is 5.75 Å². The van der Waals surface area contributed by atoms with Gasteiger partial charge in [0.05, 0.1) is 38.6 Å². The van der Waals surface area contributed by atoms with Crippen molar-refractivity contribution in [1.82, 2.24) is 4.57 Å². The minimum atomic E-state index is -0.774. The molecule has 3 aromatic carbocycles. The van der Waals surface area contributed by atoms with Gasteiger partial charge in [0, 0.05) is 14.7 Å². The van der Waals surface area contributed by atoms with Crippen molar-refractivity contribution in [2.45, 2.75) is 39.7 Å². The molecule has 8 nitrogen and oxygen atoms in total. The lowest BCUT2D eigenvalue weighted by Crippen LogP contribution is -2.40. The highest BCUT2D eigenvalue weighted by Crippen LogP contribution is 2.36. The quantitative estimate of drug-likeness (QED) is 0.139. The van der Waals surface area contributed by atoms with E-state index < -0.39 is 18.0 Å². The Balaban J connectivity index is 1.76. The van der Waals surface area contributed by atoms with Gasteiger partial charge >= 0.3 is 11.9 Å². The van der Waals surface area contributed by atoms with Crippen molar-refractivity contribution in [1.29, 1.82) is 0 Å². The Kier molecular flexibility index (Phi) is 11.2. The third kappa shape index (κ3) is 7.31. The maximum Gasteiger partial charge on any atom is 0.344 e. The Morgan fingerprint density at radius 2 is 1.70 bits per heavy atom. The Bertz CT molecular complexity index is 1980. The smallest absolute Gasteiger partial charge is 0.344 e. The standard InChI is InChI=1S/C35H32I2N2O6S/c1-5-43-28(40)19-45-32-24(16-25(36)18-26(32)37)17-27-33(41)39-31(23-14-12-21(13-15-23)20(3)4)29(34(42)44-6-2)30(38-35(39)46-27)22-10-8-7-9-11-22/h7-18,20,31H,5-6,19H2,1-4H3/b27-17-/t31-/m0/s1. The Morgan fingerprint density at radius 1 is 1.00 bits per heavy atom. The number of nitrogens with zero attached hydrogens (tertiary/aromatic N) is 2. The zero-order valence-corrected chi connectivity index (χ0v) is 30.8. The van der Waals surface area contributed by atoms with E-state index in [4.69, 9.17) is 19.2 Å². The number of hydrogen-bond acceptors (Lipinski definition) is 8. The van der Waals surface area contributed by atoms with Gasteiger partial charge < -0.3 is 14.2 Å². The van der Waals surface area contributed by atoms with Crippen LogP contribution in [0.4, 0.5) is 0 Å². The van der Waals surface area contributed by atoms with Gasteiger partial charge in [-0.3, -0.25) is 9.36 Å². The van der Waals surface area contributed by atoms with Crippen LogP contribution in [0.25, 0.3) is 11.8 Å². The van der Waals surface area contributed by atoms with E-state index in [0.717, 1.165) is 23.8 Å². The summed E-state index contributed by atoms with van der Waals surface area (Å²) in [6.45, 7) is 7.89. The van der Waals surface area contributed by atoms with E-state index in [1.165, 1.54) is 11.3 Å². The molecule has 0 spiro atoms. The first-order valence-electron chi connectivity index (χ1n) is 14.8. The maximum atomic E-state index is 14.4. The topological polar surface area (TPSA) is 96.2 Å². The summed E-state index contributed by atoms with van der Waals surface area (Å²) < 4.78 is 20.2. The zero-order chi connectivity index (χ0) is 33.0. The molecule has 5 rings (SSSR count). The predicted molar refractivity (Wildman–Crippen MR) is 196 cm³/mol. The minimum Gasteiger partial charge on any atom is -0.480 e. The molecule has 0 amide bonds. The summed E-state index contributed by atoms with van der Waals surface area (Å²) in [5, 5.41) is 0. The number of aromatic nitrogens is 1. The molecule has 0 radical (unpaired) electrons. The van der Waals surface area contributed by atoms with Crippen molar-refractivity contribution in [3.63, 3.8) is 0 Å². The summed E-state index contributed by atoms with van der Waals surface area (Å²) >= 11 is 5.59. The van der Waals surface area contributed by atoms with Crippen LogP contribution in [-0.2, 0) is 19.1 Å². The molecule has 2 heterocycles. The van der Waals surface area contributed by atoms with E-state index >= 15 is 0 Å². The Morgan fingerprint density at radius 3 is 2.35 bits per heavy atom. The van der Waals surface area contributed by atoms with E-state index in [9.17, 15) is 14.4 Å². The number of benzene rings is 3. The first-order valence-corrected chi connectivity index (χ1v) is 17.8. The normalized spacial score (nSPS) is 14.6. The molecule has 0 aliphatic carbocycles. The highest BCUT2D eigenvalue weighted by Gasteiger charge is 2.35. The molecule has 0 unspecified atom stereocenters. The lowest BCUT2D eigenvalue weighted by atomic mass is 9.91. The second-order valence-corrected chi connectivity index (χ2v) is 14.1. The number of hydrogen-bond donors (Lipinski definition) is 0. The molecule has 1 atom stereocenters. The highest BCUT2D eigenvalue weighted by atomic mass is 127. The number of fused-ring (bicyclic) bond motifs is 1. The average molecular weight is 863 g/mol. The van der Waals surface area contributed by atoms with Crippen LogP contribution in [-0.4, -0.2) is 36.3 Å². The van der Waals surface area contributed by atoms with Crippen LogP contribution in [0.15, 0.2) is 82.1 Å². The second kappa shape index (κ2) is 15.1. The van der Waals surface area contributed by atoms with Gasteiger partial charge in [0.2, 0.25) is 0 Å². The number of thiazole rings is 1. The zero-order valence-electron chi connectivity index (χ0n) is 25.7. The largest absolute Gasteiger partial charge is 0.480 e. The lowest BCUT2D eigenvalue weighted by Gasteiger charge is -2.26. The number of esters is 2. The molecule has 11 heteroatoms. The predicted octanol–water partition coefficient (Wildman–Crippen LogP) is 6.21. The fourth-order valence-electron chi connectivity index (χ4n) is 5.13. The van der Waals surface area contributed by atoms with Gasteiger partial charge in [-0.05, 0) is 94.3 Å². The number of ether oxygens (including phenoxy) is 3. The van der Waals surface area contributed by atoms with E-state index in [2.05, 4.69) is 59.0 Å². The van der Waals surface area contributed by atoms with Gasteiger partial charge in [0.25, 0.3) is 5.56 Å². The lowest BCUT2D eigenvalue weighted by molar-refractivity contribution is -0.145. The first-order chi connectivity index (χ1) is 22.1. The molecule has 0 bridgehead atoms. The van der Waals surface area contributed by atoms with E-state index in [-0.39, 0.29) is 25.4 Å². The van der Waals surface area contributed by atoms with Crippen molar-refractivity contribution >= 4 is 80.2 Å². The molecule has 238 valence electrons.